The van der Waals surface area contributed by atoms with Crippen LogP contribution in [0.15, 0.2) is 4.79 Å². The normalized spacial score (nSPS) is 10.7. The predicted molar refractivity (Wildman–Crippen MR) is 48.9 cm³/mol. The van der Waals surface area contributed by atoms with E-state index in [-0.39, 0.29) is 16.5 Å². The lowest BCUT2D eigenvalue weighted by Crippen LogP contribution is -2.13. The van der Waals surface area contributed by atoms with Crippen molar-refractivity contribution < 1.29 is 5.11 Å². The van der Waals surface area contributed by atoms with Crippen LogP contribution >= 0.6 is 11.3 Å². The summed E-state index contributed by atoms with van der Waals surface area (Å²) in [6.45, 7) is 5.43. The lowest BCUT2D eigenvalue weighted by atomic mass is 10.1. The Hall–Kier alpha value is -0.900. The summed E-state index contributed by atoms with van der Waals surface area (Å²) in [5, 5.41) is 10.1. The Balaban J connectivity index is 3.39. The number of hydrogen-bond acceptors (Lipinski definition) is 4. The van der Waals surface area contributed by atoms with Crippen molar-refractivity contribution >= 4 is 11.3 Å². The van der Waals surface area contributed by atoms with Crippen LogP contribution in [0.1, 0.15) is 30.3 Å². The zero-order valence-electron chi connectivity index (χ0n) is 7.29. The molecule has 0 aromatic carbocycles. The van der Waals surface area contributed by atoms with Crippen molar-refractivity contribution in [3.8, 4) is 5.06 Å². The van der Waals surface area contributed by atoms with Gasteiger partial charge in [-0.05, 0) is 12.8 Å². The second kappa shape index (κ2) is 3.23. The quantitative estimate of drug-likeness (QED) is 0.723. The summed E-state index contributed by atoms with van der Waals surface area (Å²) in [4.78, 5) is 15.0. The first kappa shape index (κ1) is 9.19. The molecule has 1 aromatic rings. The molecule has 0 saturated heterocycles. The van der Waals surface area contributed by atoms with Crippen molar-refractivity contribution in [1.29, 1.82) is 0 Å². The Morgan fingerprint density at radius 2 is 2.08 bits per heavy atom. The SMILES string of the molecule is Cc1nc(=O)c(C(C)C)c(O)s1. The summed E-state index contributed by atoms with van der Waals surface area (Å²) < 4.78 is 0. The van der Waals surface area contributed by atoms with Crippen LogP contribution in [0.25, 0.3) is 0 Å². The second-order valence-corrected chi connectivity index (χ2v) is 4.09. The molecule has 0 bridgehead atoms. The second-order valence-electron chi connectivity index (χ2n) is 2.91. The molecular weight excluding hydrogens is 174 g/mol. The van der Waals surface area contributed by atoms with Crippen molar-refractivity contribution in [3.05, 3.63) is 20.9 Å². The molecule has 0 saturated carbocycles. The number of aromatic nitrogens is 1. The van der Waals surface area contributed by atoms with E-state index >= 15 is 0 Å². The Morgan fingerprint density at radius 1 is 1.50 bits per heavy atom. The van der Waals surface area contributed by atoms with Gasteiger partial charge in [-0.1, -0.05) is 25.2 Å². The lowest BCUT2D eigenvalue weighted by molar-refractivity contribution is 0.478. The molecule has 0 aliphatic rings. The van der Waals surface area contributed by atoms with Crippen LogP contribution in [0, 0.1) is 6.92 Å². The Bertz CT molecular complexity index is 343. The van der Waals surface area contributed by atoms with E-state index in [0.717, 1.165) is 11.3 Å². The van der Waals surface area contributed by atoms with Crippen LogP contribution in [0.2, 0.25) is 0 Å². The third-order valence-corrected chi connectivity index (χ3v) is 2.34. The van der Waals surface area contributed by atoms with Gasteiger partial charge in [0.05, 0.1) is 10.6 Å². The van der Waals surface area contributed by atoms with E-state index in [1.165, 1.54) is 0 Å². The standard InChI is InChI=1S/C8H11NO2S/c1-4(2)6-7(10)9-5(3)12-8(6)11/h4,11H,1-3H3. The molecule has 1 rings (SSSR count). The molecule has 0 unspecified atom stereocenters. The van der Waals surface area contributed by atoms with Gasteiger partial charge < -0.3 is 5.11 Å². The average molecular weight is 185 g/mol. The van der Waals surface area contributed by atoms with Crippen LogP contribution in [-0.4, -0.2) is 10.1 Å². The van der Waals surface area contributed by atoms with Crippen molar-refractivity contribution in [2.75, 3.05) is 0 Å². The maximum atomic E-state index is 11.2. The molecule has 0 aliphatic carbocycles. The van der Waals surface area contributed by atoms with Gasteiger partial charge in [0.25, 0.3) is 5.56 Å². The van der Waals surface area contributed by atoms with Gasteiger partial charge >= 0.3 is 0 Å². The van der Waals surface area contributed by atoms with Crippen LogP contribution in [0.4, 0.5) is 0 Å². The van der Waals surface area contributed by atoms with Gasteiger partial charge in [0.2, 0.25) is 0 Å². The first-order valence-corrected chi connectivity index (χ1v) is 4.54. The van der Waals surface area contributed by atoms with E-state index in [0.29, 0.717) is 10.6 Å². The number of aryl methyl sites for hydroxylation is 1. The highest BCUT2D eigenvalue weighted by Gasteiger charge is 2.12. The largest absolute Gasteiger partial charge is 0.499 e. The van der Waals surface area contributed by atoms with E-state index in [1.54, 1.807) is 6.92 Å². The fourth-order valence-corrected chi connectivity index (χ4v) is 1.85. The molecule has 66 valence electrons. The molecular formula is C8H11NO2S. The van der Waals surface area contributed by atoms with Gasteiger partial charge in [-0.15, -0.1) is 0 Å². The fraction of sp³-hybridized carbons (Fsp3) is 0.500. The number of rotatable bonds is 1. The summed E-state index contributed by atoms with van der Waals surface area (Å²) in [5.41, 5.74) is 0.115. The van der Waals surface area contributed by atoms with E-state index in [1.807, 2.05) is 13.8 Å². The van der Waals surface area contributed by atoms with E-state index in [9.17, 15) is 9.90 Å². The van der Waals surface area contributed by atoms with Crippen LogP contribution < -0.4 is 5.56 Å². The molecule has 0 spiro atoms. The van der Waals surface area contributed by atoms with Crippen molar-refractivity contribution in [2.24, 2.45) is 0 Å². The van der Waals surface area contributed by atoms with Gasteiger partial charge in [0.1, 0.15) is 0 Å². The van der Waals surface area contributed by atoms with Gasteiger partial charge in [-0.2, -0.15) is 0 Å². The Kier molecular flexibility index (Phi) is 2.47. The minimum absolute atomic E-state index is 0.0295. The summed E-state index contributed by atoms with van der Waals surface area (Å²) in [6.07, 6.45) is 0. The Morgan fingerprint density at radius 3 is 2.50 bits per heavy atom. The highest BCUT2D eigenvalue weighted by atomic mass is 32.1. The molecule has 1 heterocycles. The topological polar surface area (TPSA) is 50.2 Å². The van der Waals surface area contributed by atoms with E-state index < -0.39 is 0 Å². The van der Waals surface area contributed by atoms with E-state index in [4.69, 9.17) is 0 Å². The Labute approximate surface area is 74.7 Å². The van der Waals surface area contributed by atoms with Gasteiger partial charge in [0.15, 0.2) is 5.06 Å². The molecule has 0 aliphatic heterocycles. The van der Waals surface area contributed by atoms with Crippen molar-refractivity contribution in [2.45, 2.75) is 26.7 Å². The predicted octanol–water partition coefficient (Wildman–Crippen LogP) is 1.64. The van der Waals surface area contributed by atoms with Crippen LogP contribution in [0.5, 0.6) is 5.06 Å². The zero-order valence-corrected chi connectivity index (χ0v) is 8.10. The smallest absolute Gasteiger partial charge is 0.278 e. The number of aromatic hydroxyl groups is 1. The van der Waals surface area contributed by atoms with Crippen molar-refractivity contribution in [1.82, 2.24) is 4.98 Å². The highest BCUT2D eigenvalue weighted by molar-refractivity contribution is 7.13. The molecule has 4 heteroatoms. The minimum atomic E-state index is -0.307. The first-order chi connectivity index (χ1) is 5.52. The van der Waals surface area contributed by atoms with Crippen LogP contribution in [-0.2, 0) is 0 Å². The summed E-state index contributed by atoms with van der Waals surface area (Å²) in [7, 11) is 0. The summed E-state index contributed by atoms with van der Waals surface area (Å²) in [6, 6.07) is 0. The van der Waals surface area contributed by atoms with Gasteiger partial charge in [-0.25, -0.2) is 4.98 Å². The summed E-state index contributed by atoms with van der Waals surface area (Å²) >= 11 is 1.15. The van der Waals surface area contributed by atoms with E-state index in [2.05, 4.69) is 4.98 Å². The third-order valence-electron chi connectivity index (χ3n) is 1.54. The maximum absolute atomic E-state index is 11.2. The maximum Gasteiger partial charge on any atom is 0.278 e. The minimum Gasteiger partial charge on any atom is -0.499 e. The highest BCUT2D eigenvalue weighted by Crippen LogP contribution is 2.26. The first-order valence-electron chi connectivity index (χ1n) is 3.73. The lowest BCUT2D eigenvalue weighted by Gasteiger charge is -2.04. The summed E-state index contributed by atoms with van der Waals surface area (Å²) in [5.74, 6) is 0.0295. The molecule has 3 nitrogen and oxygen atoms in total. The fourth-order valence-electron chi connectivity index (χ4n) is 1.01. The molecule has 0 amide bonds. The van der Waals surface area contributed by atoms with Gasteiger partial charge in [-0.3, -0.25) is 4.79 Å². The van der Waals surface area contributed by atoms with Crippen LogP contribution in [0.3, 0.4) is 0 Å². The average Bonchev–Trinajstić information content (AvgIpc) is 1.82. The van der Waals surface area contributed by atoms with Gasteiger partial charge in [0, 0.05) is 0 Å². The zero-order chi connectivity index (χ0) is 9.30. The number of hydrogen-bond donors (Lipinski definition) is 1. The number of nitrogens with zero attached hydrogens (tertiary/aromatic N) is 1. The molecule has 1 aromatic heterocycles. The molecule has 0 atom stereocenters. The monoisotopic (exact) mass is 185 g/mol. The van der Waals surface area contributed by atoms with Crippen molar-refractivity contribution in [3.63, 3.8) is 0 Å². The molecule has 12 heavy (non-hydrogen) atoms. The molecule has 1 N–H and O–H groups in total. The molecule has 0 radical (unpaired) electrons. The molecule has 0 fully saturated rings. The third kappa shape index (κ3) is 1.64.